The lowest BCUT2D eigenvalue weighted by Crippen LogP contribution is -2.41. The van der Waals surface area contributed by atoms with Crippen molar-refractivity contribution in [1.29, 1.82) is 0 Å². The maximum atomic E-state index is 12.9. The Morgan fingerprint density at radius 3 is 2.85 bits per heavy atom. The molecular formula is C16H20N2O2. The Kier molecular flexibility index (Phi) is 3.11. The van der Waals surface area contributed by atoms with Crippen molar-refractivity contribution in [3.8, 4) is 0 Å². The summed E-state index contributed by atoms with van der Waals surface area (Å²) < 4.78 is 0. The molecule has 106 valence electrons. The van der Waals surface area contributed by atoms with Crippen LogP contribution in [-0.4, -0.2) is 16.8 Å². The zero-order valence-electron chi connectivity index (χ0n) is 12.1. The van der Waals surface area contributed by atoms with Crippen molar-refractivity contribution in [2.75, 3.05) is 4.90 Å². The van der Waals surface area contributed by atoms with E-state index in [-0.39, 0.29) is 17.7 Å². The average molecular weight is 272 g/mol. The van der Waals surface area contributed by atoms with E-state index in [9.17, 15) is 9.59 Å². The van der Waals surface area contributed by atoms with Gasteiger partial charge in [0.15, 0.2) is 0 Å². The van der Waals surface area contributed by atoms with Crippen LogP contribution >= 0.6 is 0 Å². The van der Waals surface area contributed by atoms with Crippen LogP contribution in [0.3, 0.4) is 0 Å². The Morgan fingerprint density at radius 1 is 1.35 bits per heavy atom. The third-order valence-corrected chi connectivity index (χ3v) is 4.93. The van der Waals surface area contributed by atoms with E-state index in [2.05, 4.69) is 11.9 Å². The highest BCUT2D eigenvalue weighted by atomic mass is 16.2. The normalized spacial score (nSPS) is 30.3. The summed E-state index contributed by atoms with van der Waals surface area (Å²) in [6.45, 7) is 4.05. The van der Waals surface area contributed by atoms with Crippen LogP contribution in [0.1, 0.15) is 44.6 Å². The fourth-order valence-corrected chi connectivity index (χ4v) is 3.63. The molecule has 0 radical (unpaired) electrons. The number of amides is 2. The highest BCUT2D eigenvalue weighted by Crippen LogP contribution is 2.49. The number of carbonyl (C=O) groups is 2. The van der Waals surface area contributed by atoms with Crippen LogP contribution in [0.5, 0.6) is 0 Å². The Labute approximate surface area is 119 Å². The van der Waals surface area contributed by atoms with Crippen LogP contribution < -0.4 is 4.90 Å². The summed E-state index contributed by atoms with van der Waals surface area (Å²) in [5.41, 5.74) is 0.536. The van der Waals surface area contributed by atoms with Crippen molar-refractivity contribution in [2.24, 2.45) is 11.3 Å². The van der Waals surface area contributed by atoms with Crippen LogP contribution in [0, 0.1) is 18.3 Å². The van der Waals surface area contributed by atoms with Gasteiger partial charge in [0.05, 0.1) is 5.41 Å². The van der Waals surface area contributed by atoms with Crippen LogP contribution in [-0.2, 0) is 9.59 Å². The minimum atomic E-state index is -0.471. The van der Waals surface area contributed by atoms with E-state index in [4.69, 9.17) is 0 Å². The number of aryl methyl sites for hydroxylation is 1. The largest absolute Gasteiger partial charge is 0.274 e. The second-order valence-electron chi connectivity index (χ2n) is 6.21. The number of aromatic nitrogens is 1. The van der Waals surface area contributed by atoms with Crippen LogP contribution in [0.2, 0.25) is 0 Å². The van der Waals surface area contributed by atoms with E-state index in [0.717, 1.165) is 31.2 Å². The molecule has 2 heterocycles. The maximum absolute atomic E-state index is 12.9. The summed E-state index contributed by atoms with van der Waals surface area (Å²) in [5, 5.41) is 0. The van der Waals surface area contributed by atoms with Crippen molar-refractivity contribution in [3.05, 3.63) is 23.9 Å². The van der Waals surface area contributed by atoms with E-state index in [1.807, 2.05) is 19.1 Å². The second-order valence-corrected chi connectivity index (χ2v) is 6.21. The SMILES string of the molecule is Cc1ccnc(N2C(=O)CC3(CCCCC3C)C2=O)c1. The van der Waals surface area contributed by atoms with Gasteiger partial charge in [-0.1, -0.05) is 19.8 Å². The van der Waals surface area contributed by atoms with Crippen molar-refractivity contribution in [1.82, 2.24) is 4.98 Å². The molecule has 2 fully saturated rings. The number of anilines is 1. The Hall–Kier alpha value is -1.71. The first kappa shape index (κ1) is 13.3. The number of rotatable bonds is 1. The molecule has 3 rings (SSSR count). The van der Waals surface area contributed by atoms with Gasteiger partial charge in [0.1, 0.15) is 5.82 Å². The predicted octanol–water partition coefficient (Wildman–Crippen LogP) is 2.85. The first-order valence-corrected chi connectivity index (χ1v) is 7.35. The molecule has 1 aromatic heterocycles. The fraction of sp³-hybridized carbons (Fsp3) is 0.562. The number of nitrogens with zero attached hydrogens (tertiary/aromatic N) is 2. The molecule has 2 atom stereocenters. The summed E-state index contributed by atoms with van der Waals surface area (Å²) in [4.78, 5) is 30.8. The third-order valence-electron chi connectivity index (χ3n) is 4.93. The molecule has 0 aromatic carbocycles. The molecule has 1 saturated carbocycles. The zero-order chi connectivity index (χ0) is 14.3. The van der Waals surface area contributed by atoms with E-state index in [1.165, 1.54) is 4.90 Å². The van der Waals surface area contributed by atoms with Gasteiger partial charge in [0, 0.05) is 12.6 Å². The van der Waals surface area contributed by atoms with Gasteiger partial charge in [-0.05, 0) is 43.4 Å². The van der Waals surface area contributed by atoms with Gasteiger partial charge in [-0.25, -0.2) is 9.88 Å². The minimum Gasteiger partial charge on any atom is -0.274 e. The van der Waals surface area contributed by atoms with Gasteiger partial charge in [0.2, 0.25) is 11.8 Å². The molecule has 1 spiro atoms. The summed E-state index contributed by atoms with van der Waals surface area (Å²) in [6, 6.07) is 3.68. The first-order valence-electron chi connectivity index (χ1n) is 7.35. The molecule has 0 N–H and O–H groups in total. The topological polar surface area (TPSA) is 50.3 Å². The first-order chi connectivity index (χ1) is 9.54. The third kappa shape index (κ3) is 1.86. The summed E-state index contributed by atoms with van der Waals surface area (Å²) >= 11 is 0. The molecular weight excluding hydrogens is 252 g/mol. The number of hydrogen-bond acceptors (Lipinski definition) is 3. The highest BCUT2D eigenvalue weighted by molar-refractivity contribution is 6.22. The van der Waals surface area contributed by atoms with Crippen molar-refractivity contribution in [3.63, 3.8) is 0 Å². The van der Waals surface area contributed by atoms with E-state index >= 15 is 0 Å². The predicted molar refractivity (Wildman–Crippen MR) is 76.1 cm³/mol. The standard InChI is InChI=1S/C16H20N2O2/c1-11-6-8-17-13(9-11)18-14(19)10-16(15(18)20)7-4-3-5-12(16)2/h6,8-9,12H,3-5,7,10H2,1-2H3. The fourth-order valence-electron chi connectivity index (χ4n) is 3.63. The zero-order valence-corrected chi connectivity index (χ0v) is 12.1. The molecule has 4 nitrogen and oxygen atoms in total. The summed E-state index contributed by atoms with van der Waals surface area (Å²) in [6.07, 6.45) is 6.07. The van der Waals surface area contributed by atoms with Gasteiger partial charge in [-0.15, -0.1) is 0 Å². The average Bonchev–Trinajstić information content (AvgIpc) is 2.66. The lowest BCUT2D eigenvalue weighted by Gasteiger charge is -2.36. The number of imide groups is 1. The van der Waals surface area contributed by atoms with E-state index in [1.54, 1.807) is 6.20 Å². The van der Waals surface area contributed by atoms with E-state index in [0.29, 0.717) is 12.2 Å². The van der Waals surface area contributed by atoms with Gasteiger partial charge >= 0.3 is 0 Å². The molecule has 1 aliphatic heterocycles. The van der Waals surface area contributed by atoms with Crippen molar-refractivity contribution >= 4 is 17.6 Å². The Balaban J connectivity index is 1.98. The monoisotopic (exact) mass is 272 g/mol. The van der Waals surface area contributed by atoms with Gasteiger partial charge in [0.25, 0.3) is 0 Å². The number of pyridine rings is 1. The lowest BCUT2D eigenvalue weighted by molar-refractivity contribution is -0.129. The summed E-state index contributed by atoms with van der Waals surface area (Å²) in [7, 11) is 0. The number of carbonyl (C=O) groups excluding carboxylic acids is 2. The van der Waals surface area contributed by atoms with Crippen molar-refractivity contribution < 1.29 is 9.59 Å². The number of hydrogen-bond donors (Lipinski definition) is 0. The molecule has 4 heteroatoms. The molecule has 0 bridgehead atoms. The smallest absolute Gasteiger partial charge is 0.241 e. The molecule has 2 aliphatic rings. The van der Waals surface area contributed by atoms with Gasteiger partial charge < -0.3 is 0 Å². The van der Waals surface area contributed by atoms with Crippen LogP contribution in [0.4, 0.5) is 5.82 Å². The molecule has 1 saturated heterocycles. The maximum Gasteiger partial charge on any atom is 0.241 e. The highest BCUT2D eigenvalue weighted by Gasteiger charge is 2.55. The molecule has 1 aliphatic carbocycles. The molecule has 2 amide bonds. The van der Waals surface area contributed by atoms with Crippen LogP contribution in [0.15, 0.2) is 18.3 Å². The quantitative estimate of drug-likeness (QED) is 0.739. The lowest BCUT2D eigenvalue weighted by atomic mass is 9.66. The Morgan fingerprint density at radius 2 is 2.15 bits per heavy atom. The van der Waals surface area contributed by atoms with Crippen LogP contribution in [0.25, 0.3) is 0 Å². The molecule has 20 heavy (non-hydrogen) atoms. The minimum absolute atomic E-state index is 0.0344. The molecule has 1 aromatic rings. The summed E-state index contributed by atoms with van der Waals surface area (Å²) in [5.74, 6) is 0.631. The van der Waals surface area contributed by atoms with Gasteiger partial charge in [-0.3, -0.25) is 9.59 Å². The second kappa shape index (κ2) is 4.69. The molecule has 2 unspecified atom stereocenters. The Bertz CT molecular complexity index is 569. The van der Waals surface area contributed by atoms with E-state index < -0.39 is 5.41 Å². The van der Waals surface area contributed by atoms with Crippen molar-refractivity contribution in [2.45, 2.75) is 46.0 Å². The van der Waals surface area contributed by atoms with Gasteiger partial charge in [-0.2, -0.15) is 0 Å².